The van der Waals surface area contributed by atoms with E-state index in [-0.39, 0.29) is 24.0 Å². The van der Waals surface area contributed by atoms with Crippen molar-refractivity contribution in [2.75, 3.05) is 14.2 Å². The maximum Gasteiger partial charge on any atom is 0.191 e. The van der Waals surface area contributed by atoms with Crippen LogP contribution in [0, 0.1) is 6.92 Å². The number of hydrogen-bond acceptors (Lipinski definition) is 3. The fraction of sp³-hybridized carbons (Fsp3) is 0.250. The number of nitrogens with zero attached hydrogens (tertiary/aromatic N) is 1. The van der Waals surface area contributed by atoms with Crippen molar-refractivity contribution in [3.8, 4) is 5.75 Å². The van der Waals surface area contributed by atoms with Crippen LogP contribution in [0.3, 0.4) is 0 Å². The molecule has 0 fully saturated rings. The van der Waals surface area contributed by atoms with Gasteiger partial charge in [0.25, 0.3) is 0 Å². The van der Waals surface area contributed by atoms with Crippen molar-refractivity contribution in [2.45, 2.75) is 20.0 Å². The van der Waals surface area contributed by atoms with Gasteiger partial charge in [0.05, 0.1) is 13.7 Å². The number of hydrogen-bond donors (Lipinski definition) is 2. The molecule has 1 heterocycles. The lowest BCUT2D eigenvalue weighted by molar-refractivity contribution is 0.408. The highest BCUT2D eigenvalue weighted by Gasteiger charge is 2.06. The molecule has 0 aliphatic heterocycles. The van der Waals surface area contributed by atoms with Gasteiger partial charge in [-0.05, 0) is 30.7 Å². The second-order valence-corrected chi connectivity index (χ2v) is 5.85. The molecule has 0 amide bonds. The third kappa shape index (κ3) is 4.91. The second kappa shape index (κ2) is 9.47. The number of para-hydroxylation sites is 1. The fourth-order valence-corrected chi connectivity index (χ4v) is 2.69. The Bertz CT molecular complexity index is 857. The Balaban J connectivity index is 0.00000243. The summed E-state index contributed by atoms with van der Waals surface area (Å²) in [7, 11) is 3.44. The van der Waals surface area contributed by atoms with Crippen molar-refractivity contribution in [2.24, 2.45) is 4.99 Å². The highest BCUT2D eigenvalue weighted by Crippen LogP contribution is 2.20. The van der Waals surface area contributed by atoms with Crippen LogP contribution in [0.15, 0.2) is 57.9 Å². The molecule has 3 aromatic rings. The number of ether oxygens (including phenoxy) is 1. The average Bonchev–Trinajstić information content (AvgIpc) is 3.05. The summed E-state index contributed by atoms with van der Waals surface area (Å²) in [5.74, 6) is 2.46. The lowest BCUT2D eigenvalue weighted by atomic mass is 10.1. The Morgan fingerprint density at radius 3 is 2.58 bits per heavy atom. The van der Waals surface area contributed by atoms with Gasteiger partial charge in [0.2, 0.25) is 0 Å². The fourth-order valence-electron chi connectivity index (χ4n) is 2.69. The van der Waals surface area contributed by atoms with Gasteiger partial charge in [0.1, 0.15) is 17.1 Å². The summed E-state index contributed by atoms with van der Waals surface area (Å²) in [5, 5.41) is 7.67. The van der Waals surface area contributed by atoms with Gasteiger partial charge in [-0.15, -0.1) is 24.0 Å². The maximum atomic E-state index is 5.81. The Kier molecular flexibility index (Phi) is 7.32. The van der Waals surface area contributed by atoms with Gasteiger partial charge >= 0.3 is 0 Å². The number of aryl methyl sites for hydroxylation is 1. The number of guanidine groups is 1. The third-order valence-corrected chi connectivity index (χ3v) is 4.02. The number of fused-ring (bicyclic) bond motifs is 1. The first kappa shape index (κ1) is 20.1. The standard InChI is InChI=1S/C20H23N3O2.HI/c1-14-8-9-16(19(10-14)24-3)12-22-20(21-2)23-13-17-11-15-6-4-5-7-18(15)25-17;/h4-11H,12-13H2,1-3H3,(H2,21,22,23);1H. The van der Waals surface area contributed by atoms with E-state index in [4.69, 9.17) is 9.15 Å². The first-order chi connectivity index (χ1) is 12.2. The van der Waals surface area contributed by atoms with Crippen LogP contribution < -0.4 is 15.4 Å². The summed E-state index contributed by atoms with van der Waals surface area (Å²) >= 11 is 0. The average molecular weight is 465 g/mol. The number of furan rings is 1. The molecule has 26 heavy (non-hydrogen) atoms. The van der Waals surface area contributed by atoms with E-state index in [1.807, 2.05) is 43.3 Å². The molecule has 0 atom stereocenters. The molecular weight excluding hydrogens is 441 g/mol. The maximum absolute atomic E-state index is 5.81. The van der Waals surface area contributed by atoms with Crippen LogP contribution in [0.1, 0.15) is 16.9 Å². The molecule has 2 N–H and O–H groups in total. The molecule has 5 nitrogen and oxygen atoms in total. The molecule has 0 saturated heterocycles. The predicted octanol–water partition coefficient (Wildman–Crippen LogP) is 4.23. The first-order valence-electron chi connectivity index (χ1n) is 8.25. The van der Waals surface area contributed by atoms with Gasteiger partial charge < -0.3 is 19.8 Å². The Labute approximate surface area is 170 Å². The lowest BCUT2D eigenvalue weighted by Gasteiger charge is -2.13. The summed E-state index contributed by atoms with van der Waals surface area (Å²) < 4.78 is 11.2. The molecule has 0 saturated carbocycles. The topological polar surface area (TPSA) is 58.8 Å². The van der Waals surface area contributed by atoms with Crippen LogP contribution in [0.2, 0.25) is 0 Å². The van der Waals surface area contributed by atoms with Crippen molar-refractivity contribution < 1.29 is 9.15 Å². The monoisotopic (exact) mass is 465 g/mol. The molecule has 1 aromatic heterocycles. The highest BCUT2D eigenvalue weighted by molar-refractivity contribution is 14.0. The number of benzene rings is 2. The molecule has 0 unspecified atom stereocenters. The minimum atomic E-state index is 0. The van der Waals surface area contributed by atoms with Crippen LogP contribution in [0.25, 0.3) is 11.0 Å². The summed E-state index contributed by atoms with van der Waals surface area (Å²) in [6.45, 7) is 3.25. The summed E-state index contributed by atoms with van der Waals surface area (Å²) in [5.41, 5.74) is 3.15. The van der Waals surface area contributed by atoms with Crippen molar-refractivity contribution >= 4 is 40.9 Å². The normalized spacial score (nSPS) is 11.1. The van der Waals surface area contributed by atoms with Crippen LogP contribution in [0.5, 0.6) is 5.75 Å². The number of rotatable bonds is 5. The minimum absolute atomic E-state index is 0. The third-order valence-electron chi connectivity index (χ3n) is 4.02. The number of aliphatic imine (C=N–C) groups is 1. The van der Waals surface area contributed by atoms with Gasteiger partial charge in [0, 0.05) is 24.5 Å². The van der Waals surface area contributed by atoms with E-state index >= 15 is 0 Å². The quantitative estimate of drug-likeness (QED) is 0.337. The van der Waals surface area contributed by atoms with Crippen LogP contribution in [0.4, 0.5) is 0 Å². The molecule has 0 bridgehead atoms. The summed E-state index contributed by atoms with van der Waals surface area (Å²) in [4.78, 5) is 4.26. The minimum Gasteiger partial charge on any atom is -0.496 e. The van der Waals surface area contributed by atoms with Crippen LogP contribution in [-0.4, -0.2) is 20.1 Å². The zero-order valence-corrected chi connectivity index (χ0v) is 17.5. The van der Waals surface area contributed by atoms with Crippen molar-refractivity contribution in [1.29, 1.82) is 0 Å². The number of halogens is 1. The van der Waals surface area contributed by atoms with Gasteiger partial charge in [-0.1, -0.05) is 30.3 Å². The van der Waals surface area contributed by atoms with Crippen LogP contribution in [-0.2, 0) is 13.1 Å². The van der Waals surface area contributed by atoms with Gasteiger partial charge in [-0.3, -0.25) is 4.99 Å². The number of nitrogens with one attached hydrogen (secondary N) is 2. The largest absolute Gasteiger partial charge is 0.496 e. The molecule has 138 valence electrons. The van der Waals surface area contributed by atoms with E-state index in [1.54, 1.807) is 14.2 Å². The molecular formula is C20H24IN3O2. The predicted molar refractivity (Wildman–Crippen MR) is 116 cm³/mol. The van der Waals surface area contributed by atoms with Crippen molar-refractivity contribution in [3.63, 3.8) is 0 Å². The Hall–Kier alpha value is -2.22. The number of methoxy groups -OCH3 is 1. The van der Waals surface area contributed by atoms with Gasteiger partial charge in [-0.25, -0.2) is 0 Å². The molecule has 2 aromatic carbocycles. The Morgan fingerprint density at radius 2 is 1.85 bits per heavy atom. The molecule has 6 heteroatoms. The van der Waals surface area contributed by atoms with E-state index in [0.717, 1.165) is 28.0 Å². The second-order valence-electron chi connectivity index (χ2n) is 5.85. The zero-order chi connectivity index (χ0) is 17.6. The van der Waals surface area contributed by atoms with E-state index in [0.29, 0.717) is 19.0 Å². The van der Waals surface area contributed by atoms with Crippen LogP contribution >= 0.6 is 24.0 Å². The van der Waals surface area contributed by atoms with Crippen molar-refractivity contribution in [3.05, 3.63) is 65.4 Å². The molecule has 0 radical (unpaired) electrons. The van der Waals surface area contributed by atoms with Crippen molar-refractivity contribution in [1.82, 2.24) is 10.6 Å². The zero-order valence-electron chi connectivity index (χ0n) is 15.2. The van der Waals surface area contributed by atoms with E-state index < -0.39 is 0 Å². The van der Waals surface area contributed by atoms with E-state index in [2.05, 4.69) is 27.8 Å². The smallest absolute Gasteiger partial charge is 0.191 e. The summed E-state index contributed by atoms with van der Waals surface area (Å²) in [6, 6.07) is 16.2. The van der Waals surface area contributed by atoms with Gasteiger partial charge in [-0.2, -0.15) is 0 Å². The molecule has 0 aliphatic rings. The van der Waals surface area contributed by atoms with E-state index in [1.165, 1.54) is 5.56 Å². The van der Waals surface area contributed by atoms with Gasteiger partial charge in [0.15, 0.2) is 5.96 Å². The lowest BCUT2D eigenvalue weighted by Crippen LogP contribution is -2.36. The first-order valence-corrected chi connectivity index (χ1v) is 8.25. The SMILES string of the molecule is CN=C(NCc1cc2ccccc2o1)NCc1ccc(C)cc1OC.I. The molecule has 3 rings (SSSR count). The van der Waals surface area contributed by atoms with E-state index in [9.17, 15) is 0 Å². The summed E-state index contributed by atoms with van der Waals surface area (Å²) in [6.07, 6.45) is 0. The Morgan fingerprint density at radius 1 is 1.08 bits per heavy atom. The highest BCUT2D eigenvalue weighted by atomic mass is 127. The molecule has 0 spiro atoms. The molecule has 0 aliphatic carbocycles.